The maximum absolute atomic E-state index is 12.2. The van der Waals surface area contributed by atoms with Crippen LogP contribution in [0.1, 0.15) is 30.1 Å². The molecule has 3 N–H and O–H groups in total. The molecular weight excluding hydrogens is 292 g/mol. The van der Waals surface area contributed by atoms with E-state index in [9.17, 15) is 9.90 Å². The van der Waals surface area contributed by atoms with E-state index in [1.165, 1.54) is 13.2 Å². The van der Waals surface area contributed by atoms with E-state index in [1.54, 1.807) is 12.1 Å². The highest BCUT2D eigenvalue weighted by Gasteiger charge is 2.22. The third-order valence-corrected chi connectivity index (χ3v) is 3.85. The number of nitrogens with one attached hydrogen (secondary N) is 2. The Kier molecular flexibility index (Phi) is 6.78. The van der Waals surface area contributed by atoms with Crippen molar-refractivity contribution in [1.29, 1.82) is 0 Å². The summed E-state index contributed by atoms with van der Waals surface area (Å²) >= 11 is 0. The van der Waals surface area contributed by atoms with Crippen molar-refractivity contribution in [2.45, 2.75) is 25.8 Å². The van der Waals surface area contributed by atoms with Crippen LogP contribution in [-0.4, -0.2) is 37.3 Å². The number of hydrogen-bond acceptors (Lipinski definition) is 4. The molecule has 0 aromatic heterocycles. The molecule has 2 atom stereocenters. The van der Waals surface area contributed by atoms with Crippen LogP contribution in [0.5, 0.6) is 11.5 Å². The van der Waals surface area contributed by atoms with Crippen molar-refractivity contribution in [3.05, 3.63) is 23.8 Å². The van der Waals surface area contributed by atoms with Crippen LogP contribution in [0.25, 0.3) is 0 Å². The van der Waals surface area contributed by atoms with E-state index in [1.807, 2.05) is 6.92 Å². The minimum Gasteiger partial charge on any atom is -0.507 e. The van der Waals surface area contributed by atoms with E-state index in [0.29, 0.717) is 11.7 Å². The number of methoxy groups -OCH3 is 1. The Morgan fingerprint density at radius 3 is 2.90 bits per heavy atom. The molecule has 0 aliphatic carbocycles. The van der Waals surface area contributed by atoms with Gasteiger partial charge in [0.15, 0.2) is 0 Å². The Morgan fingerprint density at radius 2 is 2.29 bits per heavy atom. The van der Waals surface area contributed by atoms with Crippen molar-refractivity contribution in [2.75, 3.05) is 20.2 Å². The fourth-order valence-electron chi connectivity index (χ4n) is 2.53. The van der Waals surface area contributed by atoms with E-state index in [0.717, 1.165) is 25.9 Å². The van der Waals surface area contributed by atoms with Crippen molar-refractivity contribution in [2.24, 2.45) is 5.92 Å². The lowest BCUT2D eigenvalue weighted by Crippen LogP contribution is -2.44. The maximum Gasteiger partial charge on any atom is 0.255 e. The van der Waals surface area contributed by atoms with Crippen LogP contribution in [0.2, 0.25) is 0 Å². The number of ether oxygens (including phenoxy) is 1. The quantitative estimate of drug-likeness (QED) is 0.794. The highest BCUT2D eigenvalue weighted by atomic mass is 35.5. The van der Waals surface area contributed by atoms with Gasteiger partial charge in [0.2, 0.25) is 0 Å². The highest BCUT2D eigenvalue weighted by molar-refractivity contribution is 5.97. The van der Waals surface area contributed by atoms with E-state index in [2.05, 4.69) is 10.6 Å². The summed E-state index contributed by atoms with van der Waals surface area (Å²) in [5.41, 5.74) is 0.250. The zero-order chi connectivity index (χ0) is 14.5. The van der Waals surface area contributed by atoms with Crippen LogP contribution in [0.15, 0.2) is 18.2 Å². The van der Waals surface area contributed by atoms with Crippen molar-refractivity contribution in [3.63, 3.8) is 0 Å². The van der Waals surface area contributed by atoms with E-state index in [-0.39, 0.29) is 35.7 Å². The van der Waals surface area contributed by atoms with Crippen molar-refractivity contribution in [3.8, 4) is 11.5 Å². The van der Waals surface area contributed by atoms with Crippen LogP contribution in [0.4, 0.5) is 0 Å². The van der Waals surface area contributed by atoms with Gasteiger partial charge >= 0.3 is 0 Å². The number of halogens is 1. The Bertz CT molecular complexity index is 476. The highest BCUT2D eigenvalue weighted by Crippen LogP contribution is 2.23. The summed E-state index contributed by atoms with van der Waals surface area (Å²) in [4.78, 5) is 12.2. The molecule has 1 aliphatic heterocycles. The normalized spacial score (nSPS) is 19.2. The minimum absolute atomic E-state index is 0. The standard InChI is InChI=1S/C15H22N2O3.ClH/c1-10(11-4-3-7-16-9-11)17-15(19)13-8-12(20-2)5-6-14(13)18;/h5-6,8,10-11,16,18H,3-4,7,9H2,1-2H3,(H,17,19);1H. The number of aromatic hydroxyl groups is 1. The number of carbonyl (C=O) groups excluding carboxylic acids is 1. The zero-order valence-electron chi connectivity index (χ0n) is 12.4. The molecule has 1 amide bonds. The van der Waals surface area contributed by atoms with Crippen LogP contribution in [-0.2, 0) is 0 Å². The van der Waals surface area contributed by atoms with Crippen LogP contribution < -0.4 is 15.4 Å². The van der Waals surface area contributed by atoms with Gasteiger partial charge in [-0.15, -0.1) is 12.4 Å². The molecule has 5 nitrogen and oxygen atoms in total. The first-order chi connectivity index (χ1) is 9.61. The van der Waals surface area contributed by atoms with Gasteiger partial charge in [-0.3, -0.25) is 4.79 Å². The lowest BCUT2D eigenvalue weighted by molar-refractivity contribution is 0.0919. The van der Waals surface area contributed by atoms with Gasteiger partial charge < -0.3 is 20.5 Å². The molecule has 1 aromatic rings. The number of hydrogen-bond donors (Lipinski definition) is 3. The van der Waals surface area contributed by atoms with Gasteiger partial charge in [0, 0.05) is 6.04 Å². The Labute approximate surface area is 131 Å². The van der Waals surface area contributed by atoms with Crippen molar-refractivity contribution < 1.29 is 14.6 Å². The summed E-state index contributed by atoms with van der Waals surface area (Å²) in [5, 5.41) is 16.1. The number of amides is 1. The number of phenols is 1. The van der Waals surface area contributed by atoms with E-state index < -0.39 is 0 Å². The van der Waals surface area contributed by atoms with Gasteiger partial charge in [0.05, 0.1) is 12.7 Å². The molecular formula is C15H23ClN2O3. The summed E-state index contributed by atoms with van der Waals surface area (Å²) in [6.07, 6.45) is 2.24. The zero-order valence-corrected chi connectivity index (χ0v) is 13.2. The molecule has 0 radical (unpaired) electrons. The first-order valence-electron chi connectivity index (χ1n) is 7.00. The molecule has 118 valence electrons. The first-order valence-corrected chi connectivity index (χ1v) is 7.00. The average molecular weight is 315 g/mol. The molecule has 0 bridgehead atoms. The van der Waals surface area contributed by atoms with Gasteiger partial charge in [-0.1, -0.05) is 0 Å². The summed E-state index contributed by atoms with van der Waals surface area (Å²) < 4.78 is 5.08. The number of benzene rings is 1. The van der Waals surface area contributed by atoms with Gasteiger partial charge in [-0.25, -0.2) is 0 Å². The summed E-state index contributed by atoms with van der Waals surface area (Å²) in [6, 6.07) is 4.72. The van der Waals surface area contributed by atoms with Crippen molar-refractivity contribution in [1.82, 2.24) is 10.6 Å². The molecule has 6 heteroatoms. The third-order valence-electron chi connectivity index (χ3n) is 3.85. The monoisotopic (exact) mass is 314 g/mol. The number of rotatable bonds is 4. The second-order valence-corrected chi connectivity index (χ2v) is 5.25. The van der Waals surface area contributed by atoms with Gasteiger partial charge in [0.25, 0.3) is 5.91 Å². The Hall–Kier alpha value is -1.46. The third kappa shape index (κ3) is 4.51. The summed E-state index contributed by atoms with van der Waals surface area (Å²) in [7, 11) is 1.53. The maximum atomic E-state index is 12.2. The molecule has 1 aliphatic rings. The smallest absolute Gasteiger partial charge is 0.255 e. The lowest BCUT2D eigenvalue weighted by atomic mass is 9.92. The molecule has 1 heterocycles. The number of carbonyl (C=O) groups is 1. The lowest BCUT2D eigenvalue weighted by Gasteiger charge is -2.29. The predicted molar refractivity (Wildman–Crippen MR) is 84.4 cm³/mol. The average Bonchev–Trinajstić information content (AvgIpc) is 2.48. The van der Waals surface area contributed by atoms with Crippen LogP contribution >= 0.6 is 12.4 Å². The van der Waals surface area contributed by atoms with Crippen LogP contribution in [0, 0.1) is 5.92 Å². The second kappa shape index (κ2) is 8.10. The van der Waals surface area contributed by atoms with Gasteiger partial charge in [-0.2, -0.15) is 0 Å². The molecule has 1 saturated heterocycles. The minimum atomic E-state index is -0.264. The predicted octanol–water partition coefficient (Wildman–Crippen LogP) is 1.94. The molecule has 2 unspecified atom stereocenters. The van der Waals surface area contributed by atoms with Crippen molar-refractivity contribution >= 4 is 18.3 Å². The number of phenolic OH excluding ortho intramolecular Hbond substituents is 1. The molecule has 1 aromatic carbocycles. The van der Waals surface area contributed by atoms with Gasteiger partial charge in [0.1, 0.15) is 11.5 Å². The first kappa shape index (κ1) is 17.6. The molecule has 21 heavy (non-hydrogen) atoms. The fourth-order valence-corrected chi connectivity index (χ4v) is 2.53. The van der Waals surface area contributed by atoms with Gasteiger partial charge in [-0.05, 0) is 57.0 Å². The Morgan fingerprint density at radius 1 is 1.52 bits per heavy atom. The Balaban J connectivity index is 0.00000220. The summed E-state index contributed by atoms with van der Waals surface area (Å²) in [5.74, 6) is 0.692. The summed E-state index contributed by atoms with van der Waals surface area (Å²) in [6.45, 7) is 3.98. The molecule has 0 spiro atoms. The fraction of sp³-hybridized carbons (Fsp3) is 0.533. The van der Waals surface area contributed by atoms with E-state index >= 15 is 0 Å². The van der Waals surface area contributed by atoms with Crippen LogP contribution in [0.3, 0.4) is 0 Å². The number of piperidine rings is 1. The SMILES string of the molecule is COc1ccc(O)c(C(=O)NC(C)C2CCCNC2)c1.Cl. The second-order valence-electron chi connectivity index (χ2n) is 5.25. The largest absolute Gasteiger partial charge is 0.507 e. The molecule has 1 fully saturated rings. The van der Waals surface area contributed by atoms with E-state index in [4.69, 9.17) is 4.74 Å². The topological polar surface area (TPSA) is 70.6 Å². The molecule has 2 rings (SSSR count). The molecule has 0 saturated carbocycles.